The van der Waals surface area contributed by atoms with Crippen molar-refractivity contribution < 1.29 is 27.2 Å². The lowest BCUT2D eigenvalue weighted by Gasteiger charge is -2.36. The quantitative estimate of drug-likeness (QED) is 0.800. The van der Waals surface area contributed by atoms with Gasteiger partial charge in [-0.15, -0.1) is 0 Å². The van der Waals surface area contributed by atoms with Gasteiger partial charge in [-0.3, -0.25) is 0 Å². The summed E-state index contributed by atoms with van der Waals surface area (Å²) in [5.74, 6) is 0. The molecule has 112 valence electrons. The van der Waals surface area contributed by atoms with Crippen molar-refractivity contribution in [3.8, 4) is 0 Å². The predicted molar refractivity (Wildman–Crippen MR) is 72.2 cm³/mol. The van der Waals surface area contributed by atoms with Crippen molar-refractivity contribution in [3.05, 3.63) is 29.8 Å². The number of aliphatic hydroxyl groups excluding tert-OH is 1. The second-order valence-corrected chi connectivity index (χ2v) is 6.44. The summed E-state index contributed by atoms with van der Waals surface area (Å²) in [6.45, 7) is 3.64. The van der Waals surface area contributed by atoms with Gasteiger partial charge in [0.25, 0.3) is 0 Å². The lowest BCUT2D eigenvalue weighted by Crippen LogP contribution is -2.57. The van der Waals surface area contributed by atoms with Gasteiger partial charge in [0.2, 0.25) is 0 Å². The largest absolute Gasteiger partial charge is 0.390 e. The Morgan fingerprint density at radius 2 is 1.85 bits per heavy atom. The van der Waals surface area contributed by atoms with Crippen LogP contribution in [0.15, 0.2) is 29.2 Å². The highest BCUT2D eigenvalue weighted by atomic mass is 32.2. The molecule has 7 heteroatoms. The van der Waals surface area contributed by atoms with Crippen LogP contribution < -0.4 is 0 Å². The topological polar surface area (TPSA) is 72.8 Å². The van der Waals surface area contributed by atoms with Gasteiger partial charge in [-0.2, -0.15) is 13.1 Å². The van der Waals surface area contributed by atoms with Crippen molar-refractivity contribution in [1.29, 1.82) is 0 Å². The van der Waals surface area contributed by atoms with E-state index in [0.29, 0.717) is 26.3 Å². The lowest BCUT2D eigenvalue weighted by atomic mass is 10.2. The Labute approximate surface area is 119 Å². The van der Waals surface area contributed by atoms with Crippen molar-refractivity contribution >= 4 is 10.1 Å². The van der Waals surface area contributed by atoms with Crippen molar-refractivity contribution in [2.24, 2.45) is 0 Å². The average molecular weight is 302 g/mol. The van der Waals surface area contributed by atoms with Crippen molar-refractivity contribution in [2.75, 3.05) is 39.5 Å². The van der Waals surface area contributed by atoms with Gasteiger partial charge in [0, 0.05) is 0 Å². The number of quaternary nitrogens is 1. The predicted octanol–water partition coefficient (Wildman–Crippen LogP) is 0.455. The van der Waals surface area contributed by atoms with Crippen LogP contribution in [-0.2, 0) is 19.1 Å². The molecule has 0 amide bonds. The van der Waals surface area contributed by atoms with E-state index in [1.807, 2.05) is 6.92 Å². The smallest absolute Gasteiger partial charge is 0.342 e. The summed E-state index contributed by atoms with van der Waals surface area (Å²) in [5, 5.41) is 9.16. The van der Waals surface area contributed by atoms with E-state index in [0.717, 1.165) is 5.56 Å². The van der Waals surface area contributed by atoms with E-state index in [4.69, 9.17) is 14.1 Å². The van der Waals surface area contributed by atoms with Crippen LogP contribution in [0.25, 0.3) is 0 Å². The Bertz CT molecular complexity index is 529. The molecule has 0 aromatic heterocycles. The maximum Gasteiger partial charge on any atom is 0.342 e. The highest BCUT2D eigenvalue weighted by molar-refractivity contribution is 7.86. The van der Waals surface area contributed by atoms with E-state index in [1.165, 1.54) is 12.1 Å². The lowest BCUT2D eigenvalue weighted by molar-refractivity contribution is -1.08. The molecule has 1 N–H and O–H groups in total. The number of benzene rings is 1. The molecule has 1 aliphatic rings. The third kappa shape index (κ3) is 3.56. The number of hydroxylamine groups is 3. The first-order chi connectivity index (χ1) is 9.47. The van der Waals surface area contributed by atoms with E-state index in [9.17, 15) is 8.42 Å². The zero-order chi connectivity index (χ0) is 14.6. The molecule has 1 fully saturated rings. The van der Waals surface area contributed by atoms with Crippen LogP contribution in [0, 0.1) is 6.92 Å². The van der Waals surface area contributed by atoms with Crippen LogP contribution in [0.4, 0.5) is 0 Å². The van der Waals surface area contributed by atoms with Crippen LogP contribution >= 0.6 is 0 Å². The van der Waals surface area contributed by atoms with Crippen LogP contribution in [0.2, 0.25) is 0 Å². The number of ether oxygens (including phenoxy) is 1. The molecular weight excluding hydrogens is 282 g/mol. The normalized spacial score (nSPS) is 18.9. The first-order valence-corrected chi connectivity index (χ1v) is 7.96. The Morgan fingerprint density at radius 1 is 1.25 bits per heavy atom. The van der Waals surface area contributed by atoms with Gasteiger partial charge in [-0.1, -0.05) is 22.0 Å². The fourth-order valence-electron chi connectivity index (χ4n) is 2.15. The Hall–Kier alpha value is -0.990. The minimum absolute atomic E-state index is 0.118. The summed E-state index contributed by atoms with van der Waals surface area (Å²) < 4.78 is 35.2. The molecule has 1 heterocycles. The number of aliphatic hydroxyl groups is 1. The fraction of sp³-hybridized carbons (Fsp3) is 0.538. The maximum atomic E-state index is 12.3. The maximum absolute atomic E-state index is 12.3. The van der Waals surface area contributed by atoms with E-state index < -0.39 is 10.1 Å². The first-order valence-electron chi connectivity index (χ1n) is 6.55. The molecule has 0 spiro atoms. The summed E-state index contributed by atoms with van der Waals surface area (Å²) in [5.41, 5.74) is 0.981. The Kier molecular flexibility index (Phi) is 4.77. The van der Waals surface area contributed by atoms with Gasteiger partial charge in [-0.05, 0) is 19.1 Å². The van der Waals surface area contributed by atoms with Gasteiger partial charge in [0.1, 0.15) is 19.6 Å². The SMILES string of the molecule is Cc1ccc(S(=O)(=O)O[N+]2(CCO)CCOCC2)cc1. The molecule has 1 aromatic carbocycles. The molecule has 0 aliphatic carbocycles. The van der Waals surface area contributed by atoms with E-state index in [2.05, 4.69) is 0 Å². The number of nitrogens with zero attached hydrogens (tertiary/aromatic N) is 1. The molecule has 20 heavy (non-hydrogen) atoms. The minimum Gasteiger partial charge on any atom is -0.390 e. The number of rotatable bonds is 5. The molecule has 0 atom stereocenters. The summed E-state index contributed by atoms with van der Waals surface area (Å²) in [6, 6.07) is 6.51. The van der Waals surface area contributed by atoms with Crippen molar-refractivity contribution in [1.82, 2.24) is 0 Å². The highest BCUT2D eigenvalue weighted by Crippen LogP contribution is 2.21. The molecule has 1 aliphatic heterocycles. The molecule has 0 bridgehead atoms. The summed E-state index contributed by atoms with van der Waals surface area (Å²) >= 11 is 0. The van der Waals surface area contributed by atoms with Crippen LogP contribution in [0.1, 0.15) is 5.56 Å². The molecular formula is C13H20NO5S+. The van der Waals surface area contributed by atoms with E-state index in [1.54, 1.807) is 12.1 Å². The standard InChI is InChI=1S/C13H20NO5S/c1-12-2-4-13(5-3-12)20(16,17)19-14(6-9-15)7-10-18-11-8-14/h2-5,15H,6-11H2,1H3/q+1. The molecule has 6 nitrogen and oxygen atoms in total. The van der Waals surface area contributed by atoms with Gasteiger partial charge in [0.15, 0.2) is 0 Å². The molecule has 0 radical (unpaired) electrons. The number of aryl methyl sites for hydroxylation is 1. The number of hydrogen-bond donors (Lipinski definition) is 1. The molecule has 1 saturated heterocycles. The summed E-state index contributed by atoms with van der Waals surface area (Å²) in [6.07, 6.45) is 0. The first kappa shape index (κ1) is 15.4. The van der Waals surface area contributed by atoms with Gasteiger partial charge in [-0.25, -0.2) is 0 Å². The molecule has 1 aromatic rings. The third-order valence-electron chi connectivity index (χ3n) is 3.36. The monoisotopic (exact) mass is 302 g/mol. The number of morpholine rings is 1. The zero-order valence-electron chi connectivity index (χ0n) is 11.5. The van der Waals surface area contributed by atoms with Crippen molar-refractivity contribution in [2.45, 2.75) is 11.8 Å². The number of hydrogen-bond acceptors (Lipinski definition) is 5. The Morgan fingerprint density at radius 3 is 2.40 bits per heavy atom. The van der Waals surface area contributed by atoms with Crippen LogP contribution in [0.3, 0.4) is 0 Å². The van der Waals surface area contributed by atoms with E-state index >= 15 is 0 Å². The zero-order valence-corrected chi connectivity index (χ0v) is 12.3. The van der Waals surface area contributed by atoms with Crippen LogP contribution in [-0.4, -0.2) is 57.6 Å². The second-order valence-electron chi connectivity index (χ2n) is 4.91. The third-order valence-corrected chi connectivity index (χ3v) is 4.72. The minimum atomic E-state index is -3.85. The summed E-state index contributed by atoms with van der Waals surface area (Å²) in [4.78, 5) is 0.130. The second kappa shape index (κ2) is 6.19. The fourth-order valence-corrected chi connectivity index (χ4v) is 3.34. The molecule has 0 saturated carbocycles. The van der Waals surface area contributed by atoms with Gasteiger partial charge in [0.05, 0.1) is 24.7 Å². The Balaban J connectivity index is 2.22. The highest BCUT2D eigenvalue weighted by Gasteiger charge is 2.38. The van der Waals surface area contributed by atoms with Gasteiger partial charge >= 0.3 is 10.1 Å². The molecule has 0 unspecified atom stereocenters. The average Bonchev–Trinajstić information content (AvgIpc) is 2.39. The van der Waals surface area contributed by atoms with Crippen molar-refractivity contribution in [3.63, 3.8) is 0 Å². The van der Waals surface area contributed by atoms with Gasteiger partial charge < -0.3 is 9.84 Å². The van der Waals surface area contributed by atoms with E-state index in [-0.39, 0.29) is 22.7 Å². The summed E-state index contributed by atoms with van der Waals surface area (Å²) in [7, 11) is -3.85. The molecule has 2 rings (SSSR count). The van der Waals surface area contributed by atoms with Crippen LogP contribution in [0.5, 0.6) is 0 Å².